The topological polar surface area (TPSA) is 365 Å². The quantitative estimate of drug-likeness (QED) is 0.0645. The Balaban J connectivity index is 1.65. The Labute approximate surface area is 393 Å². The molecule has 0 bridgehead atoms. The number of hydrogen-bond acceptors (Lipinski definition) is 12. The third-order valence-corrected chi connectivity index (χ3v) is 13.6. The molecule has 1 unspecified atom stereocenters. The van der Waals surface area contributed by atoms with Crippen molar-refractivity contribution in [3.63, 3.8) is 0 Å². The molecule has 3 aliphatic carbocycles. The lowest BCUT2D eigenvalue weighted by molar-refractivity contribution is -0.138. The number of amides is 9. The fourth-order valence-electron chi connectivity index (χ4n) is 9.62. The summed E-state index contributed by atoms with van der Waals surface area (Å²) in [5.41, 5.74) is 6.69. The second kappa shape index (κ2) is 21.6. The molecule has 4 rings (SSSR count). The molecule has 374 valence electrons. The van der Waals surface area contributed by atoms with Gasteiger partial charge in [-0.05, 0) is 75.1 Å². The molecule has 0 aliphatic heterocycles. The Morgan fingerprint density at radius 2 is 1.49 bits per heavy atom. The van der Waals surface area contributed by atoms with Crippen LogP contribution in [0.1, 0.15) is 65.9 Å². The van der Waals surface area contributed by atoms with Crippen LogP contribution in [0.5, 0.6) is 0 Å². The van der Waals surface area contributed by atoms with Crippen molar-refractivity contribution in [2.75, 3.05) is 58.7 Å². The second-order valence-electron chi connectivity index (χ2n) is 18.7. The van der Waals surface area contributed by atoms with Crippen molar-refractivity contribution in [1.29, 1.82) is 0 Å². The summed E-state index contributed by atoms with van der Waals surface area (Å²) < 4.78 is 0. The number of carboxylic acid groups (broad SMARTS) is 2. The van der Waals surface area contributed by atoms with Gasteiger partial charge < -0.3 is 73.6 Å². The van der Waals surface area contributed by atoms with Crippen LogP contribution in [-0.2, 0) is 35.2 Å². The zero-order chi connectivity index (χ0) is 51.1. The van der Waals surface area contributed by atoms with E-state index in [1.165, 1.54) is 33.2 Å². The summed E-state index contributed by atoms with van der Waals surface area (Å²) in [7, 11) is 2.59. The zero-order valence-corrected chi connectivity index (χ0v) is 39.5. The maximum atomic E-state index is 14.1. The summed E-state index contributed by atoms with van der Waals surface area (Å²) in [4.78, 5) is 117. The van der Waals surface area contributed by atoms with E-state index in [1.807, 2.05) is 0 Å². The van der Waals surface area contributed by atoms with Crippen LogP contribution in [0.3, 0.4) is 0 Å². The molecule has 1 fully saturated rings. The first-order chi connectivity index (χ1) is 31.7. The Morgan fingerprint density at radius 3 is 2.01 bits per heavy atom. The molecule has 1 spiro atoms. The minimum absolute atomic E-state index is 0.00403. The van der Waals surface area contributed by atoms with Crippen molar-refractivity contribution in [2.45, 2.75) is 89.9 Å². The van der Waals surface area contributed by atoms with Crippen LogP contribution in [0.15, 0.2) is 47.1 Å². The molecule has 0 heterocycles. The Kier molecular flexibility index (Phi) is 17.1. The minimum Gasteiger partial charge on any atom is -0.465 e. The van der Waals surface area contributed by atoms with E-state index >= 15 is 0 Å². The lowest BCUT2D eigenvalue weighted by Gasteiger charge is -2.53. The van der Waals surface area contributed by atoms with Crippen molar-refractivity contribution < 1.29 is 63.6 Å². The highest BCUT2D eigenvalue weighted by Crippen LogP contribution is 2.68. The number of carbonyl (C=O) groups excluding carboxylic acids is 7. The SMILES string of the molecule is CC1=C2C(=C[C@](C)(CO)[C@@H]2C(Cc2ccc(NC(=O)[C@H](CCCNC(N)=O)NC(=O)[C@@H](NC(=O)CNC(=O)CNC(=O)CN)C(C)C)cc2)(CN(C)C(=O)O)N(C)C(=O)O)C(=O)[C@](C)(O)C12CC2. The summed E-state index contributed by atoms with van der Waals surface area (Å²) in [6.07, 6.45) is -0.198. The molecule has 1 aromatic carbocycles. The maximum Gasteiger partial charge on any atom is 0.407 e. The van der Waals surface area contributed by atoms with Gasteiger partial charge in [0, 0.05) is 55.2 Å². The highest BCUT2D eigenvalue weighted by Gasteiger charge is 2.69. The smallest absolute Gasteiger partial charge is 0.407 e. The lowest BCUT2D eigenvalue weighted by Crippen LogP contribution is -2.65. The van der Waals surface area contributed by atoms with E-state index in [-0.39, 0.29) is 43.6 Å². The molecule has 23 heteroatoms. The standard InChI is InChI=1S/C45H66N10O13/c1-24(2)34(53-32(59)21-50-31(58)20-49-30(57)19-46)38(62)52-29(9-8-16-48-39(47)63)37(61)51-27-12-10-26(11-13-27)17-45(55(7)41(66)67,22-54(6)40(64)65)35-33-25(3)44(14-15-44)43(5,68)36(60)28(33)18-42(35,4)23-56/h10-13,18,24,29,34-35,56,68H,8-9,14-17,19-23,46H2,1-7H3,(H,49,57)(H,50,58)(H,51,61)(H,52,62)(H,53,59)(H,64,65)(H,66,67)(H3,47,48,63)/t29-,34-,35+,42+,43-,45?/m0/s1. The van der Waals surface area contributed by atoms with Crippen molar-refractivity contribution in [1.82, 2.24) is 36.4 Å². The van der Waals surface area contributed by atoms with E-state index in [1.54, 1.807) is 45.9 Å². The van der Waals surface area contributed by atoms with Gasteiger partial charge in [0.25, 0.3) is 0 Å². The first kappa shape index (κ1) is 54.0. The van der Waals surface area contributed by atoms with Gasteiger partial charge >= 0.3 is 18.2 Å². The number of carbonyl (C=O) groups is 9. The largest absolute Gasteiger partial charge is 0.465 e. The van der Waals surface area contributed by atoms with E-state index in [2.05, 4.69) is 31.9 Å². The number of rotatable bonds is 22. The van der Waals surface area contributed by atoms with Gasteiger partial charge in [0.1, 0.15) is 17.7 Å². The first-order valence-corrected chi connectivity index (χ1v) is 22.2. The molecule has 3 aliphatic rings. The fourth-order valence-corrected chi connectivity index (χ4v) is 9.62. The van der Waals surface area contributed by atoms with Crippen LogP contribution < -0.4 is 43.4 Å². The monoisotopic (exact) mass is 954 g/mol. The predicted octanol–water partition coefficient (Wildman–Crippen LogP) is -0.624. The molecule has 6 atom stereocenters. The van der Waals surface area contributed by atoms with Crippen molar-refractivity contribution in [3.8, 4) is 0 Å². The van der Waals surface area contributed by atoms with Crippen LogP contribution in [0.4, 0.5) is 20.1 Å². The molecule has 0 radical (unpaired) electrons. The summed E-state index contributed by atoms with van der Waals surface area (Å²) >= 11 is 0. The Morgan fingerprint density at radius 1 is 0.882 bits per heavy atom. The van der Waals surface area contributed by atoms with Crippen LogP contribution in [-0.4, -0.2) is 160 Å². The number of primary amides is 1. The molecule has 68 heavy (non-hydrogen) atoms. The van der Waals surface area contributed by atoms with Crippen LogP contribution >= 0.6 is 0 Å². The number of aliphatic hydroxyl groups is 2. The number of ketones is 1. The van der Waals surface area contributed by atoms with Crippen molar-refractivity contribution >= 4 is 59.2 Å². The normalized spacial score (nSPS) is 21.8. The number of likely N-dealkylation sites (N-methyl/N-ethyl adjacent to an activating group) is 2. The van der Waals surface area contributed by atoms with Gasteiger partial charge in [-0.2, -0.15) is 0 Å². The third kappa shape index (κ3) is 11.6. The lowest BCUT2D eigenvalue weighted by atomic mass is 9.59. The first-order valence-electron chi connectivity index (χ1n) is 22.2. The number of fused-ring (bicyclic) bond motifs is 1. The second-order valence-corrected chi connectivity index (χ2v) is 18.7. The number of benzene rings is 1. The number of urea groups is 1. The van der Waals surface area contributed by atoms with Gasteiger partial charge in [-0.25, -0.2) is 14.4 Å². The molecular weight excluding hydrogens is 889 g/mol. The fraction of sp³-hybridized carbons (Fsp3) is 0.578. The highest BCUT2D eigenvalue weighted by atomic mass is 16.4. The van der Waals surface area contributed by atoms with Crippen molar-refractivity contribution in [2.24, 2.45) is 34.1 Å². The molecule has 23 nitrogen and oxygen atoms in total. The van der Waals surface area contributed by atoms with E-state index in [4.69, 9.17) is 11.5 Å². The summed E-state index contributed by atoms with van der Waals surface area (Å²) in [6.45, 7) is 6.01. The zero-order valence-electron chi connectivity index (χ0n) is 39.5. The molecule has 0 saturated heterocycles. The molecule has 14 N–H and O–H groups in total. The molecular formula is C45H66N10O13. The van der Waals surface area contributed by atoms with Gasteiger partial charge in [-0.3, -0.25) is 28.8 Å². The summed E-state index contributed by atoms with van der Waals surface area (Å²) in [5, 5.41) is 58.6. The van der Waals surface area contributed by atoms with Crippen LogP contribution in [0, 0.1) is 22.7 Å². The van der Waals surface area contributed by atoms with E-state index < -0.39 is 126 Å². The number of nitrogens with zero attached hydrogens (tertiary/aromatic N) is 2. The highest BCUT2D eigenvalue weighted by molar-refractivity contribution is 6.09. The van der Waals surface area contributed by atoms with Gasteiger partial charge in [-0.15, -0.1) is 0 Å². The van der Waals surface area contributed by atoms with Gasteiger partial charge in [0.2, 0.25) is 29.5 Å². The van der Waals surface area contributed by atoms with Gasteiger partial charge in [0.05, 0.1) is 31.8 Å². The number of Topliss-reactive ketones (excluding diaryl/α,β-unsaturated/α-hetero) is 1. The molecule has 9 amide bonds. The predicted molar refractivity (Wildman–Crippen MR) is 245 cm³/mol. The average Bonchev–Trinajstić information content (AvgIpc) is 4.04. The Hall–Kier alpha value is -6.59. The van der Waals surface area contributed by atoms with E-state index in [0.29, 0.717) is 29.6 Å². The van der Waals surface area contributed by atoms with E-state index in [9.17, 15) is 63.6 Å². The van der Waals surface area contributed by atoms with Gasteiger partial charge in [0.15, 0.2) is 5.78 Å². The maximum absolute atomic E-state index is 14.1. The molecule has 1 aromatic rings. The van der Waals surface area contributed by atoms with Crippen LogP contribution in [0.25, 0.3) is 0 Å². The average molecular weight is 955 g/mol. The minimum atomic E-state index is -1.76. The number of nitrogens with one attached hydrogen (secondary N) is 6. The third-order valence-electron chi connectivity index (χ3n) is 13.6. The van der Waals surface area contributed by atoms with Gasteiger partial charge in [-0.1, -0.05) is 44.6 Å². The van der Waals surface area contributed by atoms with Crippen LogP contribution in [0.2, 0.25) is 0 Å². The molecule has 0 aromatic heterocycles. The van der Waals surface area contributed by atoms with E-state index in [0.717, 1.165) is 9.80 Å². The number of hydrogen-bond donors (Lipinski definition) is 12. The van der Waals surface area contributed by atoms with Crippen molar-refractivity contribution in [3.05, 3.63) is 52.6 Å². The number of nitrogens with two attached hydrogens (primary N) is 2. The summed E-state index contributed by atoms with van der Waals surface area (Å²) in [5.74, 6) is -5.48. The number of aliphatic hydroxyl groups excluding tert-OH is 1. The Bertz CT molecular complexity index is 2220. The number of anilines is 1. The molecule has 1 saturated carbocycles. The summed E-state index contributed by atoms with van der Waals surface area (Å²) in [6, 6.07) is 3.04.